The van der Waals surface area contributed by atoms with Crippen molar-refractivity contribution in [2.75, 3.05) is 5.32 Å². The van der Waals surface area contributed by atoms with Crippen molar-refractivity contribution >= 4 is 33.1 Å². The maximum Gasteiger partial charge on any atom is 0.255 e. The molecular weight excluding hydrogens is 340 g/mol. The van der Waals surface area contributed by atoms with E-state index >= 15 is 0 Å². The molecule has 1 N–H and O–H groups in total. The lowest BCUT2D eigenvalue weighted by molar-refractivity contribution is 0.102. The second kappa shape index (κ2) is 7.10. The third-order valence-corrected chi connectivity index (χ3v) is 5.17. The van der Waals surface area contributed by atoms with Crippen molar-refractivity contribution in [3.8, 4) is 0 Å². The molecule has 4 rings (SSSR count). The quantitative estimate of drug-likeness (QED) is 0.527. The van der Waals surface area contributed by atoms with Crippen LogP contribution in [0.2, 0.25) is 0 Å². The van der Waals surface area contributed by atoms with E-state index in [1.807, 2.05) is 67.6 Å². The van der Waals surface area contributed by atoms with Crippen LogP contribution in [0.15, 0.2) is 72.8 Å². The van der Waals surface area contributed by atoms with E-state index in [2.05, 4.69) is 22.4 Å². The molecule has 0 bridgehead atoms. The first-order valence-electron chi connectivity index (χ1n) is 8.49. The predicted octanol–water partition coefficient (Wildman–Crippen LogP) is 5.45. The van der Waals surface area contributed by atoms with Gasteiger partial charge in [-0.25, -0.2) is 4.98 Å². The predicted molar refractivity (Wildman–Crippen MR) is 108 cm³/mol. The van der Waals surface area contributed by atoms with Gasteiger partial charge in [0.25, 0.3) is 5.91 Å². The van der Waals surface area contributed by atoms with Crippen molar-refractivity contribution in [3.05, 3.63) is 94.5 Å². The summed E-state index contributed by atoms with van der Waals surface area (Å²) in [6.07, 6.45) is 0.864. The largest absolute Gasteiger partial charge is 0.322 e. The fraction of sp³-hybridized carbons (Fsp3) is 0.0909. The molecule has 1 amide bonds. The molecule has 0 saturated heterocycles. The number of nitrogens with one attached hydrogen (secondary N) is 1. The standard InChI is InChI=1S/C22H18N2OS/c1-15-23-20-14-19(11-12-21(20)26-15)24-22(25)18-9-7-17(8-10-18)13-16-5-3-2-4-6-16/h2-12,14H,13H2,1H3,(H,24,25). The Morgan fingerprint density at radius 3 is 2.46 bits per heavy atom. The Kier molecular flexibility index (Phi) is 4.50. The Morgan fingerprint density at radius 1 is 0.962 bits per heavy atom. The average molecular weight is 358 g/mol. The molecule has 4 heteroatoms. The zero-order chi connectivity index (χ0) is 17.9. The number of thiazole rings is 1. The topological polar surface area (TPSA) is 42.0 Å². The average Bonchev–Trinajstić information content (AvgIpc) is 3.02. The second-order valence-corrected chi connectivity index (χ2v) is 7.46. The van der Waals surface area contributed by atoms with Gasteiger partial charge in [-0.15, -0.1) is 11.3 Å². The van der Waals surface area contributed by atoms with Gasteiger partial charge in [0.05, 0.1) is 15.2 Å². The van der Waals surface area contributed by atoms with Gasteiger partial charge in [0.2, 0.25) is 0 Å². The molecular formula is C22H18N2OS. The molecule has 1 heterocycles. The number of hydrogen-bond acceptors (Lipinski definition) is 3. The maximum atomic E-state index is 12.5. The van der Waals surface area contributed by atoms with Gasteiger partial charge in [-0.05, 0) is 54.8 Å². The first-order chi connectivity index (χ1) is 12.7. The highest BCUT2D eigenvalue weighted by atomic mass is 32.1. The minimum Gasteiger partial charge on any atom is -0.322 e. The lowest BCUT2D eigenvalue weighted by Crippen LogP contribution is -2.11. The van der Waals surface area contributed by atoms with Crippen molar-refractivity contribution < 1.29 is 4.79 Å². The second-order valence-electron chi connectivity index (χ2n) is 6.23. The van der Waals surface area contributed by atoms with Crippen LogP contribution in [0.4, 0.5) is 5.69 Å². The zero-order valence-corrected chi connectivity index (χ0v) is 15.2. The number of carbonyl (C=O) groups excluding carboxylic acids is 1. The molecule has 128 valence electrons. The van der Waals surface area contributed by atoms with E-state index in [1.165, 1.54) is 11.1 Å². The number of rotatable bonds is 4. The lowest BCUT2D eigenvalue weighted by Gasteiger charge is -2.07. The highest BCUT2D eigenvalue weighted by Gasteiger charge is 2.08. The number of fused-ring (bicyclic) bond motifs is 1. The summed E-state index contributed by atoms with van der Waals surface area (Å²) in [7, 11) is 0. The van der Waals surface area contributed by atoms with E-state index in [1.54, 1.807) is 11.3 Å². The molecule has 0 aliphatic heterocycles. The van der Waals surface area contributed by atoms with Gasteiger partial charge in [0.15, 0.2) is 0 Å². The van der Waals surface area contributed by atoms with Crippen LogP contribution in [0.1, 0.15) is 26.5 Å². The molecule has 0 radical (unpaired) electrons. The third kappa shape index (κ3) is 3.65. The molecule has 0 fully saturated rings. The van der Waals surface area contributed by atoms with Crippen molar-refractivity contribution in [1.82, 2.24) is 4.98 Å². The molecule has 26 heavy (non-hydrogen) atoms. The summed E-state index contributed by atoms with van der Waals surface area (Å²) in [5.41, 5.74) is 4.78. The first kappa shape index (κ1) is 16.5. The fourth-order valence-electron chi connectivity index (χ4n) is 2.93. The van der Waals surface area contributed by atoms with E-state index in [0.29, 0.717) is 5.56 Å². The van der Waals surface area contributed by atoms with Crippen molar-refractivity contribution in [3.63, 3.8) is 0 Å². The van der Waals surface area contributed by atoms with Crippen LogP contribution >= 0.6 is 11.3 Å². The maximum absolute atomic E-state index is 12.5. The Morgan fingerprint density at radius 2 is 1.69 bits per heavy atom. The van der Waals surface area contributed by atoms with Crippen molar-refractivity contribution in [1.29, 1.82) is 0 Å². The van der Waals surface area contributed by atoms with Crippen LogP contribution in [-0.2, 0) is 6.42 Å². The summed E-state index contributed by atoms with van der Waals surface area (Å²) < 4.78 is 1.13. The van der Waals surface area contributed by atoms with E-state index in [4.69, 9.17) is 0 Å². The number of carbonyl (C=O) groups is 1. The van der Waals surface area contributed by atoms with Crippen LogP contribution < -0.4 is 5.32 Å². The van der Waals surface area contributed by atoms with Gasteiger partial charge in [0, 0.05) is 11.3 Å². The summed E-state index contributed by atoms with van der Waals surface area (Å²) in [5.74, 6) is -0.109. The van der Waals surface area contributed by atoms with Crippen molar-refractivity contribution in [2.45, 2.75) is 13.3 Å². The smallest absolute Gasteiger partial charge is 0.255 e. The lowest BCUT2D eigenvalue weighted by atomic mass is 10.0. The molecule has 3 aromatic carbocycles. The molecule has 3 nitrogen and oxygen atoms in total. The summed E-state index contributed by atoms with van der Waals surface area (Å²) in [6.45, 7) is 1.99. The highest BCUT2D eigenvalue weighted by Crippen LogP contribution is 2.24. The van der Waals surface area contributed by atoms with Crippen LogP contribution in [0, 0.1) is 6.92 Å². The number of anilines is 1. The van der Waals surface area contributed by atoms with Crippen molar-refractivity contribution in [2.24, 2.45) is 0 Å². The molecule has 1 aromatic heterocycles. The van der Waals surface area contributed by atoms with Crippen LogP contribution in [0.25, 0.3) is 10.2 Å². The van der Waals surface area contributed by atoms with Crippen LogP contribution in [-0.4, -0.2) is 10.9 Å². The molecule has 0 atom stereocenters. The first-order valence-corrected chi connectivity index (χ1v) is 9.30. The zero-order valence-electron chi connectivity index (χ0n) is 14.4. The minimum atomic E-state index is -0.109. The molecule has 0 aliphatic carbocycles. The van der Waals surface area contributed by atoms with Gasteiger partial charge >= 0.3 is 0 Å². The monoisotopic (exact) mass is 358 g/mol. The Labute approximate surface area is 156 Å². The molecule has 0 saturated carbocycles. The SMILES string of the molecule is Cc1nc2cc(NC(=O)c3ccc(Cc4ccccc4)cc3)ccc2s1. The summed E-state index contributed by atoms with van der Waals surface area (Å²) in [4.78, 5) is 17.0. The fourth-order valence-corrected chi connectivity index (χ4v) is 3.74. The Balaban J connectivity index is 1.47. The summed E-state index contributed by atoms with van der Waals surface area (Å²) >= 11 is 1.65. The number of hydrogen-bond donors (Lipinski definition) is 1. The van der Waals surface area contributed by atoms with E-state index in [-0.39, 0.29) is 5.91 Å². The number of amides is 1. The number of nitrogens with zero attached hydrogens (tertiary/aromatic N) is 1. The Hall–Kier alpha value is -2.98. The van der Waals surface area contributed by atoms with Gasteiger partial charge in [0.1, 0.15) is 0 Å². The summed E-state index contributed by atoms with van der Waals surface area (Å²) in [5, 5.41) is 3.98. The van der Waals surface area contributed by atoms with Crippen LogP contribution in [0.3, 0.4) is 0 Å². The number of aryl methyl sites for hydroxylation is 1. The third-order valence-electron chi connectivity index (χ3n) is 4.22. The molecule has 0 spiro atoms. The molecule has 0 unspecified atom stereocenters. The van der Waals surface area contributed by atoms with Gasteiger partial charge in [-0.1, -0.05) is 42.5 Å². The van der Waals surface area contributed by atoms with E-state index in [9.17, 15) is 4.79 Å². The molecule has 0 aliphatic rings. The minimum absolute atomic E-state index is 0.109. The summed E-state index contributed by atoms with van der Waals surface area (Å²) in [6, 6.07) is 23.9. The van der Waals surface area contributed by atoms with Gasteiger partial charge in [-0.3, -0.25) is 4.79 Å². The molecule has 4 aromatic rings. The number of aromatic nitrogens is 1. The number of benzene rings is 3. The van der Waals surface area contributed by atoms with Gasteiger partial charge in [-0.2, -0.15) is 0 Å². The van der Waals surface area contributed by atoms with E-state index in [0.717, 1.165) is 27.3 Å². The Bertz CT molecular complexity index is 1050. The van der Waals surface area contributed by atoms with Gasteiger partial charge < -0.3 is 5.32 Å². The normalized spacial score (nSPS) is 10.8. The highest BCUT2D eigenvalue weighted by molar-refractivity contribution is 7.18. The van der Waals surface area contributed by atoms with Crippen LogP contribution in [0.5, 0.6) is 0 Å². The van der Waals surface area contributed by atoms with E-state index < -0.39 is 0 Å².